The summed E-state index contributed by atoms with van der Waals surface area (Å²) in [7, 11) is 1.99. The number of likely N-dealkylation sites (N-methyl/N-ethyl adjacent to an activating group) is 1. The van der Waals surface area contributed by atoms with Crippen molar-refractivity contribution in [1.29, 1.82) is 0 Å². The maximum atomic E-state index is 12.3. The molecule has 0 saturated heterocycles. The SMILES string of the molecule is CCc1cccc(C)c1NC(=O)C[NH+](C)CCOc1ccc(Cl)cc1. The first-order chi connectivity index (χ1) is 12.0. The molecule has 1 unspecified atom stereocenters. The molecule has 2 N–H and O–H groups in total. The summed E-state index contributed by atoms with van der Waals surface area (Å²) in [5.41, 5.74) is 3.20. The summed E-state index contributed by atoms with van der Waals surface area (Å²) in [6, 6.07) is 13.4. The highest BCUT2D eigenvalue weighted by molar-refractivity contribution is 6.30. The van der Waals surface area contributed by atoms with Crippen LogP contribution in [0.2, 0.25) is 5.02 Å². The molecule has 0 saturated carbocycles. The number of halogens is 1. The Labute approximate surface area is 154 Å². The van der Waals surface area contributed by atoms with Gasteiger partial charge in [-0.1, -0.05) is 36.7 Å². The number of rotatable bonds is 8. The maximum Gasteiger partial charge on any atom is 0.279 e. The minimum absolute atomic E-state index is 0.0213. The summed E-state index contributed by atoms with van der Waals surface area (Å²) >= 11 is 5.85. The number of hydrogen-bond donors (Lipinski definition) is 2. The number of para-hydroxylation sites is 1. The maximum absolute atomic E-state index is 12.3. The third kappa shape index (κ3) is 6.07. The summed E-state index contributed by atoms with van der Waals surface area (Å²) in [4.78, 5) is 13.4. The van der Waals surface area contributed by atoms with Crippen LogP contribution in [-0.4, -0.2) is 32.7 Å². The lowest BCUT2D eigenvalue weighted by atomic mass is 10.1. The molecule has 2 rings (SSSR count). The third-order valence-electron chi connectivity index (χ3n) is 4.08. The topological polar surface area (TPSA) is 42.8 Å². The fourth-order valence-electron chi connectivity index (χ4n) is 2.62. The van der Waals surface area contributed by atoms with Crippen LogP contribution in [-0.2, 0) is 11.2 Å². The highest BCUT2D eigenvalue weighted by atomic mass is 35.5. The van der Waals surface area contributed by atoms with Crippen molar-refractivity contribution in [2.75, 3.05) is 32.1 Å². The van der Waals surface area contributed by atoms with Gasteiger partial charge in [-0.05, 0) is 48.7 Å². The van der Waals surface area contributed by atoms with Crippen LogP contribution in [0, 0.1) is 6.92 Å². The fraction of sp³-hybridized carbons (Fsp3) is 0.350. The van der Waals surface area contributed by atoms with Crippen molar-refractivity contribution in [3.8, 4) is 5.75 Å². The van der Waals surface area contributed by atoms with Gasteiger partial charge in [-0.25, -0.2) is 0 Å². The van der Waals surface area contributed by atoms with Gasteiger partial charge in [-0.3, -0.25) is 4.79 Å². The van der Waals surface area contributed by atoms with Crippen LogP contribution in [0.3, 0.4) is 0 Å². The third-order valence-corrected chi connectivity index (χ3v) is 4.33. The molecule has 0 aliphatic carbocycles. The Balaban J connectivity index is 1.79. The van der Waals surface area contributed by atoms with Crippen LogP contribution < -0.4 is 15.0 Å². The predicted molar refractivity (Wildman–Crippen MR) is 103 cm³/mol. The van der Waals surface area contributed by atoms with Crippen LogP contribution >= 0.6 is 11.6 Å². The number of carbonyl (C=O) groups is 1. The molecule has 25 heavy (non-hydrogen) atoms. The number of ether oxygens (including phenoxy) is 1. The molecule has 0 bridgehead atoms. The van der Waals surface area contributed by atoms with Crippen molar-refractivity contribution in [2.45, 2.75) is 20.3 Å². The molecule has 0 aromatic heterocycles. The average Bonchev–Trinajstić information content (AvgIpc) is 2.58. The van der Waals surface area contributed by atoms with E-state index in [-0.39, 0.29) is 5.91 Å². The van der Waals surface area contributed by atoms with Gasteiger partial charge in [0.2, 0.25) is 0 Å². The minimum Gasteiger partial charge on any atom is -0.488 e. The molecule has 2 aromatic rings. The second-order valence-corrected chi connectivity index (χ2v) is 6.63. The minimum atomic E-state index is 0.0213. The van der Waals surface area contributed by atoms with E-state index in [1.165, 1.54) is 0 Å². The summed E-state index contributed by atoms with van der Waals surface area (Å²) in [6.45, 7) is 5.80. The van der Waals surface area contributed by atoms with E-state index in [0.29, 0.717) is 18.2 Å². The molecule has 0 aliphatic heterocycles. The normalized spacial score (nSPS) is 11.8. The van der Waals surface area contributed by atoms with Crippen molar-refractivity contribution >= 4 is 23.2 Å². The Kier molecular flexibility index (Phi) is 7.29. The van der Waals surface area contributed by atoms with Gasteiger partial charge < -0.3 is 15.0 Å². The van der Waals surface area contributed by atoms with E-state index in [9.17, 15) is 4.79 Å². The van der Waals surface area contributed by atoms with E-state index in [0.717, 1.165) is 40.4 Å². The monoisotopic (exact) mass is 361 g/mol. The van der Waals surface area contributed by atoms with Crippen LogP contribution in [0.25, 0.3) is 0 Å². The molecule has 0 radical (unpaired) electrons. The number of quaternary nitrogens is 1. The summed E-state index contributed by atoms with van der Waals surface area (Å²) in [5.74, 6) is 0.808. The van der Waals surface area contributed by atoms with Crippen LogP contribution in [0.4, 0.5) is 5.69 Å². The van der Waals surface area contributed by atoms with Crippen LogP contribution in [0.1, 0.15) is 18.1 Å². The van der Waals surface area contributed by atoms with E-state index < -0.39 is 0 Å². The highest BCUT2D eigenvalue weighted by Gasteiger charge is 2.13. The molecule has 1 amide bonds. The average molecular weight is 362 g/mol. The van der Waals surface area contributed by atoms with Crippen molar-refractivity contribution < 1.29 is 14.4 Å². The zero-order valence-electron chi connectivity index (χ0n) is 15.1. The van der Waals surface area contributed by atoms with E-state index in [1.54, 1.807) is 12.1 Å². The molecule has 2 aromatic carbocycles. The van der Waals surface area contributed by atoms with Gasteiger partial charge >= 0.3 is 0 Å². The number of benzene rings is 2. The highest BCUT2D eigenvalue weighted by Crippen LogP contribution is 2.20. The summed E-state index contributed by atoms with van der Waals surface area (Å²) in [6.07, 6.45) is 0.898. The molecule has 4 nitrogen and oxygen atoms in total. The lowest BCUT2D eigenvalue weighted by Crippen LogP contribution is -3.10. The molecule has 0 aliphatic rings. The van der Waals surface area contributed by atoms with Gasteiger partial charge in [0.15, 0.2) is 6.54 Å². The molecular formula is C20H26ClN2O2+. The van der Waals surface area contributed by atoms with Gasteiger partial charge in [-0.2, -0.15) is 0 Å². The lowest BCUT2D eigenvalue weighted by molar-refractivity contribution is -0.871. The van der Waals surface area contributed by atoms with Crippen molar-refractivity contribution in [2.24, 2.45) is 0 Å². The Bertz CT molecular complexity index is 701. The Morgan fingerprint density at radius 2 is 1.92 bits per heavy atom. The first-order valence-corrected chi connectivity index (χ1v) is 8.95. The zero-order chi connectivity index (χ0) is 18.2. The van der Waals surface area contributed by atoms with E-state index in [2.05, 4.69) is 18.3 Å². The summed E-state index contributed by atoms with van der Waals surface area (Å²) < 4.78 is 5.68. The number of hydrogen-bond acceptors (Lipinski definition) is 2. The van der Waals surface area contributed by atoms with Crippen molar-refractivity contribution in [3.05, 3.63) is 58.6 Å². The number of nitrogens with one attached hydrogen (secondary N) is 2. The van der Waals surface area contributed by atoms with E-state index in [4.69, 9.17) is 16.3 Å². The Hall–Kier alpha value is -2.04. The van der Waals surface area contributed by atoms with E-state index in [1.807, 2.05) is 38.2 Å². The van der Waals surface area contributed by atoms with Crippen molar-refractivity contribution in [3.63, 3.8) is 0 Å². The van der Waals surface area contributed by atoms with Gasteiger partial charge in [0, 0.05) is 10.7 Å². The van der Waals surface area contributed by atoms with Gasteiger partial charge in [0.05, 0.1) is 7.05 Å². The standard InChI is InChI=1S/C20H25ClN2O2/c1-4-16-7-5-6-15(2)20(16)22-19(24)14-23(3)12-13-25-18-10-8-17(21)9-11-18/h5-11H,4,12-14H2,1-3H3,(H,22,24)/p+1. The molecule has 5 heteroatoms. The first-order valence-electron chi connectivity index (χ1n) is 8.57. The number of anilines is 1. The lowest BCUT2D eigenvalue weighted by Gasteiger charge is -2.16. The number of amides is 1. The number of aryl methyl sites for hydroxylation is 2. The molecule has 0 fully saturated rings. The molecular weight excluding hydrogens is 336 g/mol. The molecule has 0 heterocycles. The van der Waals surface area contributed by atoms with Crippen LogP contribution in [0.5, 0.6) is 5.75 Å². The van der Waals surface area contributed by atoms with Crippen molar-refractivity contribution in [1.82, 2.24) is 0 Å². The van der Waals surface area contributed by atoms with Crippen LogP contribution in [0.15, 0.2) is 42.5 Å². The summed E-state index contributed by atoms with van der Waals surface area (Å²) in [5, 5.41) is 3.75. The zero-order valence-corrected chi connectivity index (χ0v) is 15.8. The second kappa shape index (κ2) is 9.44. The smallest absolute Gasteiger partial charge is 0.279 e. The second-order valence-electron chi connectivity index (χ2n) is 6.20. The largest absolute Gasteiger partial charge is 0.488 e. The van der Waals surface area contributed by atoms with Gasteiger partial charge in [-0.15, -0.1) is 0 Å². The Morgan fingerprint density at radius 1 is 1.20 bits per heavy atom. The molecule has 1 atom stereocenters. The number of carbonyl (C=O) groups excluding carboxylic acids is 1. The quantitative estimate of drug-likeness (QED) is 0.759. The van der Waals surface area contributed by atoms with Gasteiger partial charge in [0.25, 0.3) is 5.91 Å². The van der Waals surface area contributed by atoms with E-state index >= 15 is 0 Å². The molecule has 0 spiro atoms. The van der Waals surface area contributed by atoms with Gasteiger partial charge in [0.1, 0.15) is 18.9 Å². The fourth-order valence-corrected chi connectivity index (χ4v) is 2.75. The molecule has 134 valence electrons. The first kappa shape index (κ1) is 19.3. The predicted octanol–water partition coefficient (Wildman–Crippen LogP) is 2.74. The Morgan fingerprint density at radius 3 is 2.60 bits per heavy atom.